The molecule has 0 saturated carbocycles. The Morgan fingerprint density at radius 2 is 1.71 bits per heavy atom. The Morgan fingerprint density at radius 3 is 2.21 bits per heavy atom. The maximum Gasteiger partial charge on any atom is 0.164 e. The Bertz CT molecular complexity index is 362. The molecule has 0 aliphatic carbocycles. The van der Waals surface area contributed by atoms with Crippen molar-refractivity contribution < 1.29 is 4.74 Å². The quantitative estimate of drug-likeness (QED) is 0.673. The molecule has 2 heteroatoms. The largest absolute Gasteiger partial charge is 0.476 e. The van der Waals surface area contributed by atoms with Crippen molar-refractivity contribution in [3.63, 3.8) is 0 Å². The number of aryl methyl sites for hydroxylation is 2. The molecule has 2 nitrogen and oxygen atoms in total. The van der Waals surface area contributed by atoms with Crippen LogP contribution in [0.1, 0.15) is 18.1 Å². The Balaban J connectivity index is 2.32. The SMILES string of the molecule is CC1=CN(c2cc(C)cc(C)c2)CO1. The normalized spacial score (nSPS) is 15.4. The summed E-state index contributed by atoms with van der Waals surface area (Å²) in [6, 6.07) is 6.52. The summed E-state index contributed by atoms with van der Waals surface area (Å²) >= 11 is 0. The molecule has 0 radical (unpaired) electrons. The van der Waals surface area contributed by atoms with Gasteiger partial charge in [0.1, 0.15) is 5.76 Å². The van der Waals surface area contributed by atoms with Crippen LogP contribution in [0.15, 0.2) is 30.2 Å². The third-order valence-corrected chi connectivity index (χ3v) is 2.31. The summed E-state index contributed by atoms with van der Waals surface area (Å²) in [6.07, 6.45) is 2.04. The van der Waals surface area contributed by atoms with Crippen LogP contribution in [-0.4, -0.2) is 6.73 Å². The lowest BCUT2D eigenvalue weighted by Gasteiger charge is -2.14. The molecule has 0 saturated heterocycles. The van der Waals surface area contributed by atoms with Gasteiger partial charge in [-0.15, -0.1) is 0 Å². The molecule has 0 unspecified atom stereocenters. The lowest BCUT2D eigenvalue weighted by atomic mass is 10.1. The summed E-state index contributed by atoms with van der Waals surface area (Å²) in [7, 11) is 0. The molecule has 1 heterocycles. The standard InChI is InChI=1S/C12H15NO/c1-9-4-10(2)6-12(5-9)13-7-11(3)14-8-13/h4-7H,8H2,1-3H3. The average Bonchev–Trinajstić information content (AvgIpc) is 2.50. The van der Waals surface area contributed by atoms with Gasteiger partial charge in [0.25, 0.3) is 0 Å². The van der Waals surface area contributed by atoms with Crippen LogP contribution in [0, 0.1) is 13.8 Å². The van der Waals surface area contributed by atoms with E-state index < -0.39 is 0 Å². The monoisotopic (exact) mass is 189 g/mol. The topological polar surface area (TPSA) is 12.5 Å². The van der Waals surface area contributed by atoms with E-state index in [0.717, 1.165) is 5.76 Å². The van der Waals surface area contributed by atoms with Gasteiger partial charge in [-0.2, -0.15) is 0 Å². The Labute approximate surface area is 84.8 Å². The summed E-state index contributed by atoms with van der Waals surface area (Å²) in [5.74, 6) is 0.976. The Morgan fingerprint density at radius 1 is 1.07 bits per heavy atom. The number of nitrogens with zero attached hydrogens (tertiary/aromatic N) is 1. The second-order valence-electron chi connectivity index (χ2n) is 3.83. The zero-order chi connectivity index (χ0) is 10.1. The fourth-order valence-corrected chi connectivity index (χ4v) is 1.73. The van der Waals surface area contributed by atoms with E-state index in [9.17, 15) is 0 Å². The highest BCUT2D eigenvalue weighted by atomic mass is 16.5. The van der Waals surface area contributed by atoms with Gasteiger partial charge in [-0.1, -0.05) is 6.07 Å². The minimum absolute atomic E-state index is 0.634. The first-order chi connectivity index (χ1) is 6.65. The zero-order valence-corrected chi connectivity index (χ0v) is 8.87. The van der Waals surface area contributed by atoms with E-state index in [1.165, 1.54) is 16.8 Å². The number of hydrogen-bond donors (Lipinski definition) is 0. The van der Waals surface area contributed by atoms with E-state index in [0.29, 0.717) is 6.73 Å². The molecule has 0 spiro atoms. The van der Waals surface area contributed by atoms with Crippen molar-refractivity contribution in [1.29, 1.82) is 0 Å². The van der Waals surface area contributed by atoms with E-state index in [1.54, 1.807) is 0 Å². The van der Waals surface area contributed by atoms with Gasteiger partial charge in [0.15, 0.2) is 6.73 Å². The number of benzene rings is 1. The van der Waals surface area contributed by atoms with Gasteiger partial charge < -0.3 is 9.64 Å². The average molecular weight is 189 g/mol. The van der Waals surface area contributed by atoms with Crippen LogP contribution in [0.25, 0.3) is 0 Å². The molecule has 0 bridgehead atoms. The highest BCUT2D eigenvalue weighted by Crippen LogP contribution is 2.23. The minimum Gasteiger partial charge on any atom is -0.476 e. The molecule has 0 fully saturated rings. The van der Waals surface area contributed by atoms with Crippen LogP contribution in [0.2, 0.25) is 0 Å². The predicted octanol–water partition coefficient (Wildman–Crippen LogP) is 2.96. The second-order valence-corrected chi connectivity index (χ2v) is 3.83. The first-order valence-electron chi connectivity index (χ1n) is 4.81. The van der Waals surface area contributed by atoms with Crippen molar-refractivity contribution in [2.75, 3.05) is 11.6 Å². The maximum absolute atomic E-state index is 5.39. The third kappa shape index (κ3) is 1.74. The number of allylic oxidation sites excluding steroid dienone is 1. The van der Waals surface area contributed by atoms with Crippen molar-refractivity contribution in [2.24, 2.45) is 0 Å². The molecule has 0 amide bonds. The fourth-order valence-electron chi connectivity index (χ4n) is 1.73. The highest BCUT2D eigenvalue weighted by molar-refractivity contribution is 5.53. The summed E-state index contributed by atoms with van der Waals surface area (Å²) in [4.78, 5) is 2.12. The van der Waals surface area contributed by atoms with E-state index in [4.69, 9.17) is 4.74 Å². The molecular weight excluding hydrogens is 174 g/mol. The molecule has 74 valence electrons. The third-order valence-electron chi connectivity index (χ3n) is 2.31. The minimum atomic E-state index is 0.634. The number of hydrogen-bond acceptors (Lipinski definition) is 2. The first-order valence-corrected chi connectivity index (χ1v) is 4.81. The van der Waals surface area contributed by atoms with Crippen LogP contribution in [-0.2, 0) is 4.74 Å². The number of ether oxygens (including phenoxy) is 1. The lowest BCUT2D eigenvalue weighted by molar-refractivity contribution is 0.247. The van der Waals surface area contributed by atoms with Crippen molar-refractivity contribution >= 4 is 5.69 Å². The van der Waals surface area contributed by atoms with E-state index in [1.807, 2.05) is 13.1 Å². The summed E-state index contributed by atoms with van der Waals surface area (Å²) < 4.78 is 5.39. The van der Waals surface area contributed by atoms with Gasteiger partial charge in [-0.05, 0) is 44.0 Å². The molecule has 1 aromatic rings. The van der Waals surface area contributed by atoms with Gasteiger partial charge in [0, 0.05) is 11.9 Å². The molecular formula is C12H15NO. The van der Waals surface area contributed by atoms with Gasteiger partial charge >= 0.3 is 0 Å². The van der Waals surface area contributed by atoms with Crippen molar-refractivity contribution in [3.05, 3.63) is 41.3 Å². The van der Waals surface area contributed by atoms with Gasteiger partial charge in [-0.25, -0.2) is 0 Å². The molecule has 1 aliphatic heterocycles. The van der Waals surface area contributed by atoms with E-state index in [-0.39, 0.29) is 0 Å². The van der Waals surface area contributed by atoms with Gasteiger partial charge in [0.05, 0.1) is 0 Å². The Hall–Kier alpha value is -1.44. The van der Waals surface area contributed by atoms with Crippen LogP contribution in [0.5, 0.6) is 0 Å². The molecule has 14 heavy (non-hydrogen) atoms. The smallest absolute Gasteiger partial charge is 0.164 e. The molecule has 0 N–H and O–H groups in total. The molecule has 0 atom stereocenters. The lowest BCUT2D eigenvalue weighted by Crippen LogP contribution is -2.13. The van der Waals surface area contributed by atoms with E-state index in [2.05, 4.69) is 36.9 Å². The molecule has 0 aromatic heterocycles. The van der Waals surface area contributed by atoms with Crippen molar-refractivity contribution in [1.82, 2.24) is 0 Å². The summed E-state index contributed by atoms with van der Waals surface area (Å²) in [6.45, 7) is 6.84. The number of anilines is 1. The highest BCUT2D eigenvalue weighted by Gasteiger charge is 2.11. The van der Waals surface area contributed by atoms with Crippen molar-refractivity contribution in [3.8, 4) is 0 Å². The van der Waals surface area contributed by atoms with Gasteiger partial charge in [0.2, 0.25) is 0 Å². The maximum atomic E-state index is 5.39. The molecule has 1 aromatic carbocycles. The van der Waals surface area contributed by atoms with Crippen LogP contribution < -0.4 is 4.90 Å². The van der Waals surface area contributed by atoms with Crippen LogP contribution >= 0.6 is 0 Å². The zero-order valence-electron chi connectivity index (χ0n) is 8.87. The second kappa shape index (κ2) is 3.37. The van der Waals surface area contributed by atoms with Crippen LogP contribution in [0.4, 0.5) is 5.69 Å². The van der Waals surface area contributed by atoms with Gasteiger partial charge in [-0.3, -0.25) is 0 Å². The molecule has 2 rings (SSSR count). The van der Waals surface area contributed by atoms with Crippen molar-refractivity contribution in [2.45, 2.75) is 20.8 Å². The Kier molecular flexibility index (Phi) is 2.20. The number of rotatable bonds is 1. The summed E-state index contributed by atoms with van der Waals surface area (Å²) in [5, 5.41) is 0. The van der Waals surface area contributed by atoms with E-state index >= 15 is 0 Å². The predicted molar refractivity (Wildman–Crippen MR) is 58.1 cm³/mol. The molecule has 1 aliphatic rings. The van der Waals surface area contributed by atoms with Crippen LogP contribution in [0.3, 0.4) is 0 Å². The fraction of sp³-hybridized carbons (Fsp3) is 0.333. The summed E-state index contributed by atoms with van der Waals surface area (Å²) in [5.41, 5.74) is 3.79. The first kappa shape index (κ1) is 9.13.